The van der Waals surface area contributed by atoms with Gasteiger partial charge in [-0.3, -0.25) is 9.59 Å². The largest absolute Gasteiger partial charge is 0.384 e. The van der Waals surface area contributed by atoms with E-state index in [0.717, 1.165) is 0 Å². The van der Waals surface area contributed by atoms with E-state index >= 15 is 0 Å². The smallest absolute Gasteiger partial charge is 0.260 e. The molecular formula is C16H23ClN4O3. The summed E-state index contributed by atoms with van der Waals surface area (Å²) in [6, 6.07) is 6.87. The molecule has 0 aliphatic heterocycles. The molecule has 1 rings (SSSR count). The Labute approximate surface area is 146 Å². The third-order valence-electron chi connectivity index (χ3n) is 3.26. The molecule has 0 saturated carbocycles. The van der Waals surface area contributed by atoms with Gasteiger partial charge in [-0.2, -0.15) is 0 Å². The lowest BCUT2D eigenvalue weighted by Crippen LogP contribution is -2.38. The van der Waals surface area contributed by atoms with Crippen LogP contribution in [-0.2, 0) is 14.4 Å². The monoisotopic (exact) mass is 354 g/mol. The molecule has 0 spiro atoms. The molecule has 1 unspecified atom stereocenters. The minimum Gasteiger partial charge on any atom is -0.384 e. The number of hydrogen-bond acceptors (Lipinski definition) is 4. The number of nitrogens with zero attached hydrogens (tertiary/aromatic N) is 1. The zero-order valence-corrected chi connectivity index (χ0v) is 14.8. The molecule has 1 aromatic carbocycles. The summed E-state index contributed by atoms with van der Waals surface area (Å²) in [5, 5.41) is 9.36. The van der Waals surface area contributed by atoms with Crippen molar-refractivity contribution in [3.63, 3.8) is 0 Å². The van der Waals surface area contributed by atoms with Crippen LogP contribution in [0.3, 0.4) is 0 Å². The second kappa shape index (κ2) is 9.77. The van der Waals surface area contributed by atoms with Crippen LogP contribution in [0.2, 0.25) is 5.02 Å². The van der Waals surface area contributed by atoms with Gasteiger partial charge in [-0.25, -0.2) is 0 Å². The molecule has 0 aliphatic rings. The summed E-state index contributed by atoms with van der Waals surface area (Å²) >= 11 is 5.94. The van der Waals surface area contributed by atoms with Crippen LogP contribution in [0.5, 0.6) is 0 Å². The van der Waals surface area contributed by atoms with Crippen LogP contribution < -0.4 is 16.4 Å². The predicted octanol–water partition coefficient (Wildman–Crippen LogP) is 2.12. The van der Waals surface area contributed by atoms with Gasteiger partial charge < -0.3 is 21.2 Å². The summed E-state index contributed by atoms with van der Waals surface area (Å²) in [5.74, 6) is -0.403. The van der Waals surface area contributed by atoms with Crippen LogP contribution in [0, 0.1) is 5.92 Å². The Bertz CT molecular complexity index is 605. The van der Waals surface area contributed by atoms with Gasteiger partial charge in [0, 0.05) is 6.04 Å². The highest BCUT2D eigenvalue weighted by Gasteiger charge is 2.11. The van der Waals surface area contributed by atoms with Gasteiger partial charge in [0.1, 0.15) is 5.84 Å². The fraction of sp³-hybridized carbons (Fsp3) is 0.438. The van der Waals surface area contributed by atoms with Crippen molar-refractivity contribution in [3.8, 4) is 0 Å². The number of para-hydroxylation sites is 1. The van der Waals surface area contributed by atoms with Gasteiger partial charge in [-0.05, 0) is 25.0 Å². The number of nitrogens with one attached hydrogen (secondary N) is 2. The lowest BCUT2D eigenvalue weighted by atomic mass is 10.1. The zero-order valence-electron chi connectivity index (χ0n) is 14.0. The Morgan fingerprint density at radius 1 is 1.25 bits per heavy atom. The molecule has 8 heteroatoms. The maximum atomic E-state index is 11.8. The van der Waals surface area contributed by atoms with Gasteiger partial charge in [0.2, 0.25) is 5.91 Å². The van der Waals surface area contributed by atoms with Crippen LogP contribution >= 0.6 is 11.6 Å². The van der Waals surface area contributed by atoms with E-state index in [0.29, 0.717) is 16.6 Å². The minimum absolute atomic E-state index is 0.0313. The van der Waals surface area contributed by atoms with Crippen LogP contribution in [0.4, 0.5) is 5.69 Å². The Morgan fingerprint density at radius 2 is 1.92 bits per heavy atom. The topological polar surface area (TPSA) is 106 Å². The molecule has 2 amide bonds. The first-order chi connectivity index (χ1) is 11.3. The summed E-state index contributed by atoms with van der Waals surface area (Å²) in [7, 11) is 0. The molecule has 4 N–H and O–H groups in total. The van der Waals surface area contributed by atoms with E-state index in [1.54, 1.807) is 24.3 Å². The van der Waals surface area contributed by atoms with E-state index in [-0.39, 0.29) is 36.7 Å². The number of benzene rings is 1. The number of halogens is 1. The SMILES string of the molecule is CC(C)C(C)NC(=O)CON=C(N)CC(=O)Nc1ccccc1Cl. The standard InChI is InChI=1S/C16H23ClN4O3/c1-10(2)11(3)19-16(23)9-24-21-14(18)8-15(22)20-13-7-5-4-6-12(13)17/h4-7,10-11H,8-9H2,1-3H3,(H2,18,21)(H,19,23)(H,20,22). The number of oxime groups is 1. The second-order valence-corrected chi connectivity index (χ2v) is 6.07. The summed E-state index contributed by atoms with van der Waals surface area (Å²) in [5.41, 5.74) is 6.09. The highest BCUT2D eigenvalue weighted by Crippen LogP contribution is 2.20. The zero-order chi connectivity index (χ0) is 18.1. The van der Waals surface area contributed by atoms with Crippen molar-refractivity contribution >= 4 is 34.9 Å². The van der Waals surface area contributed by atoms with Crippen molar-refractivity contribution in [2.75, 3.05) is 11.9 Å². The van der Waals surface area contributed by atoms with E-state index in [1.165, 1.54) is 0 Å². The molecule has 0 saturated heterocycles. The number of amides is 2. The maximum Gasteiger partial charge on any atom is 0.260 e. The third-order valence-corrected chi connectivity index (χ3v) is 3.59. The quantitative estimate of drug-likeness (QED) is 0.377. The van der Waals surface area contributed by atoms with Crippen molar-refractivity contribution in [1.29, 1.82) is 0 Å². The van der Waals surface area contributed by atoms with Crippen molar-refractivity contribution < 1.29 is 14.4 Å². The first kappa shape index (κ1) is 19.8. The Morgan fingerprint density at radius 3 is 2.54 bits per heavy atom. The fourth-order valence-electron chi connectivity index (χ4n) is 1.59. The molecule has 1 atom stereocenters. The van der Waals surface area contributed by atoms with Crippen molar-refractivity contribution in [3.05, 3.63) is 29.3 Å². The number of carbonyl (C=O) groups excluding carboxylic acids is 2. The molecule has 24 heavy (non-hydrogen) atoms. The van der Waals surface area contributed by atoms with Gasteiger partial charge in [-0.1, -0.05) is 42.7 Å². The van der Waals surface area contributed by atoms with Crippen molar-refractivity contribution in [1.82, 2.24) is 5.32 Å². The highest BCUT2D eigenvalue weighted by atomic mass is 35.5. The van der Waals surface area contributed by atoms with Crippen LogP contribution in [0.25, 0.3) is 0 Å². The van der Waals surface area contributed by atoms with Crippen molar-refractivity contribution in [2.24, 2.45) is 16.8 Å². The van der Waals surface area contributed by atoms with Crippen LogP contribution in [-0.4, -0.2) is 30.3 Å². The second-order valence-electron chi connectivity index (χ2n) is 5.66. The molecule has 0 bridgehead atoms. The van der Waals surface area contributed by atoms with Crippen LogP contribution in [0.15, 0.2) is 29.4 Å². The molecular weight excluding hydrogens is 332 g/mol. The van der Waals surface area contributed by atoms with Gasteiger partial charge in [0.05, 0.1) is 17.1 Å². The molecule has 1 aromatic rings. The number of carbonyl (C=O) groups is 2. The molecule has 0 radical (unpaired) electrons. The minimum atomic E-state index is -0.383. The maximum absolute atomic E-state index is 11.8. The number of rotatable bonds is 8. The third kappa shape index (κ3) is 7.32. The number of nitrogens with two attached hydrogens (primary N) is 1. The first-order valence-electron chi connectivity index (χ1n) is 7.57. The fourth-order valence-corrected chi connectivity index (χ4v) is 1.77. The molecule has 0 fully saturated rings. The van der Waals surface area contributed by atoms with E-state index < -0.39 is 0 Å². The Kier molecular flexibility index (Phi) is 8.05. The summed E-state index contributed by atoms with van der Waals surface area (Å²) < 4.78 is 0. The average molecular weight is 355 g/mol. The number of hydrogen-bond donors (Lipinski definition) is 3. The number of anilines is 1. The lowest BCUT2D eigenvalue weighted by Gasteiger charge is -2.16. The average Bonchev–Trinajstić information content (AvgIpc) is 2.49. The van der Waals surface area contributed by atoms with Crippen LogP contribution in [0.1, 0.15) is 27.2 Å². The van der Waals surface area contributed by atoms with E-state index in [2.05, 4.69) is 15.8 Å². The summed E-state index contributed by atoms with van der Waals surface area (Å²) in [6.07, 6.45) is -0.171. The van der Waals surface area contributed by atoms with Gasteiger partial charge in [0.15, 0.2) is 6.61 Å². The van der Waals surface area contributed by atoms with Gasteiger partial charge in [0.25, 0.3) is 5.91 Å². The molecule has 0 aromatic heterocycles. The van der Waals surface area contributed by atoms with Gasteiger partial charge in [-0.15, -0.1) is 0 Å². The van der Waals surface area contributed by atoms with E-state index in [9.17, 15) is 9.59 Å². The normalized spacial score (nSPS) is 12.6. The first-order valence-corrected chi connectivity index (χ1v) is 7.95. The Hall–Kier alpha value is -2.28. The summed E-state index contributed by atoms with van der Waals surface area (Å²) in [6.45, 7) is 5.64. The van der Waals surface area contributed by atoms with Crippen molar-refractivity contribution in [2.45, 2.75) is 33.2 Å². The molecule has 0 aliphatic carbocycles. The number of amidine groups is 1. The van der Waals surface area contributed by atoms with E-state index in [4.69, 9.17) is 22.2 Å². The Balaban J connectivity index is 2.37. The van der Waals surface area contributed by atoms with Gasteiger partial charge >= 0.3 is 0 Å². The molecule has 132 valence electrons. The molecule has 7 nitrogen and oxygen atoms in total. The molecule has 0 heterocycles. The lowest BCUT2D eigenvalue weighted by molar-refractivity contribution is -0.126. The predicted molar refractivity (Wildman–Crippen MR) is 94.7 cm³/mol. The summed E-state index contributed by atoms with van der Waals surface area (Å²) in [4.78, 5) is 28.3. The highest BCUT2D eigenvalue weighted by molar-refractivity contribution is 6.33. The van der Waals surface area contributed by atoms with E-state index in [1.807, 2.05) is 20.8 Å².